The summed E-state index contributed by atoms with van der Waals surface area (Å²) in [5.74, 6) is -9.97. The molecular weight excluding hydrogens is 254 g/mol. The van der Waals surface area contributed by atoms with Crippen LogP contribution in [-0.4, -0.2) is 13.2 Å². The van der Waals surface area contributed by atoms with E-state index in [9.17, 15) is 22.0 Å². The Hall–Kier alpha value is -0.780. The van der Waals surface area contributed by atoms with Gasteiger partial charge in [0.1, 0.15) is 5.30 Å². The van der Waals surface area contributed by atoms with Crippen LogP contribution in [0.4, 0.5) is 22.0 Å². The first-order valence-electron chi connectivity index (χ1n) is 4.11. The molecule has 1 aromatic rings. The third kappa shape index (κ3) is 1.69. The zero-order chi connectivity index (χ0) is 11.9. The molecule has 0 spiro atoms. The van der Waals surface area contributed by atoms with E-state index in [2.05, 4.69) is 0 Å². The second kappa shape index (κ2) is 4.24. The summed E-state index contributed by atoms with van der Waals surface area (Å²) in [6.45, 7) is 0.121. The van der Waals surface area contributed by atoms with Crippen molar-refractivity contribution >= 4 is 13.7 Å². The molecule has 1 aliphatic rings. The minimum absolute atomic E-state index is 0.0607. The van der Waals surface area contributed by atoms with E-state index in [4.69, 9.17) is 9.05 Å². The molecule has 0 atom stereocenters. The van der Waals surface area contributed by atoms with Gasteiger partial charge < -0.3 is 9.05 Å². The molecule has 1 fully saturated rings. The standard InChI is InChI=1S/C8H4F5O2P/c9-3-4(10)6(12)8(7(13)5(3)11)16-14-1-2-15-16/h1-2H2. The van der Waals surface area contributed by atoms with Crippen molar-refractivity contribution in [1.82, 2.24) is 0 Å². The molecule has 1 saturated heterocycles. The Morgan fingerprint density at radius 2 is 1.06 bits per heavy atom. The van der Waals surface area contributed by atoms with E-state index in [1.165, 1.54) is 0 Å². The molecule has 0 radical (unpaired) electrons. The largest absolute Gasteiger partial charge is 0.328 e. The molecule has 0 N–H and O–H groups in total. The maximum absolute atomic E-state index is 13.2. The average molecular weight is 258 g/mol. The van der Waals surface area contributed by atoms with Crippen molar-refractivity contribution in [3.63, 3.8) is 0 Å². The van der Waals surface area contributed by atoms with Gasteiger partial charge in [0.2, 0.25) is 14.2 Å². The Kier molecular flexibility index (Phi) is 3.10. The fourth-order valence-corrected chi connectivity index (χ4v) is 2.49. The first-order chi connectivity index (χ1) is 7.54. The Balaban J connectivity index is 2.59. The van der Waals surface area contributed by atoms with Gasteiger partial charge in [-0.05, 0) is 0 Å². The van der Waals surface area contributed by atoms with Crippen molar-refractivity contribution in [2.24, 2.45) is 0 Å². The number of rotatable bonds is 1. The summed E-state index contributed by atoms with van der Waals surface area (Å²) < 4.78 is 74.2. The van der Waals surface area contributed by atoms with Crippen LogP contribution in [0.3, 0.4) is 0 Å². The Morgan fingerprint density at radius 1 is 0.688 bits per heavy atom. The van der Waals surface area contributed by atoms with Gasteiger partial charge in [0.15, 0.2) is 23.3 Å². The van der Waals surface area contributed by atoms with Crippen LogP contribution in [0.25, 0.3) is 0 Å². The summed E-state index contributed by atoms with van der Waals surface area (Å²) >= 11 is 0. The molecule has 0 aliphatic carbocycles. The number of hydrogen-bond donors (Lipinski definition) is 0. The van der Waals surface area contributed by atoms with E-state index in [-0.39, 0.29) is 13.2 Å². The summed E-state index contributed by atoms with van der Waals surface area (Å²) in [4.78, 5) is 0. The molecule has 1 aliphatic heterocycles. The van der Waals surface area contributed by atoms with E-state index >= 15 is 0 Å². The molecule has 0 amide bonds. The monoisotopic (exact) mass is 258 g/mol. The van der Waals surface area contributed by atoms with E-state index in [0.29, 0.717) is 0 Å². The third-order valence-corrected chi connectivity index (χ3v) is 3.46. The molecule has 2 rings (SSSR count). The Bertz CT molecular complexity index is 404. The summed E-state index contributed by atoms with van der Waals surface area (Å²) in [7, 11) is -2.22. The van der Waals surface area contributed by atoms with Gasteiger partial charge in [-0.3, -0.25) is 0 Å². The summed E-state index contributed by atoms with van der Waals surface area (Å²) in [5.41, 5.74) is 0. The minimum atomic E-state index is -2.22. The van der Waals surface area contributed by atoms with Gasteiger partial charge in [0, 0.05) is 0 Å². The molecule has 0 bridgehead atoms. The van der Waals surface area contributed by atoms with Crippen LogP contribution in [-0.2, 0) is 9.05 Å². The van der Waals surface area contributed by atoms with Gasteiger partial charge in [0.05, 0.1) is 13.2 Å². The Morgan fingerprint density at radius 3 is 1.50 bits per heavy atom. The topological polar surface area (TPSA) is 18.5 Å². The van der Waals surface area contributed by atoms with Gasteiger partial charge in [-0.15, -0.1) is 0 Å². The van der Waals surface area contributed by atoms with E-state index in [1.54, 1.807) is 0 Å². The number of benzene rings is 1. The highest BCUT2D eigenvalue weighted by Gasteiger charge is 2.34. The zero-order valence-electron chi connectivity index (χ0n) is 7.57. The van der Waals surface area contributed by atoms with Crippen molar-refractivity contribution in [2.75, 3.05) is 13.2 Å². The van der Waals surface area contributed by atoms with Crippen molar-refractivity contribution in [2.45, 2.75) is 0 Å². The van der Waals surface area contributed by atoms with Crippen LogP contribution in [0.2, 0.25) is 0 Å². The molecule has 8 heteroatoms. The van der Waals surface area contributed by atoms with Gasteiger partial charge in [-0.2, -0.15) is 0 Å². The summed E-state index contributed by atoms with van der Waals surface area (Å²) in [6, 6.07) is 0. The summed E-state index contributed by atoms with van der Waals surface area (Å²) in [5, 5.41) is -1.02. The van der Waals surface area contributed by atoms with Crippen molar-refractivity contribution < 1.29 is 31.0 Å². The zero-order valence-corrected chi connectivity index (χ0v) is 8.46. The molecule has 0 aromatic heterocycles. The Labute approximate surface area is 87.9 Å². The molecule has 0 unspecified atom stereocenters. The maximum atomic E-state index is 13.2. The fourth-order valence-electron chi connectivity index (χ4n) is 1.16. The second-order valence-corrected chi connectivity index (χ2v) is 4.32. The fraction of sp³-hybridized carbons (Fsp3) is 0.250. The second-order valence-electron chi connectivity index (χ2n) is 2.84. The molecule has 0 saturated carbocycles. The van der Waals surface area contributed by atoms with Crippen LogP contribution >= 0.6 is 8.38 Å². The lowest BCUT2D eigenvalue weighted by Gasteiger charge is -2.11. The highest BCUT2D eigenvalue weighted by atomic mass is 31.2. The highest BCUT2D eigenvalue weighted by Crippen LogP contribution is 2.43. The van der Waals surface area contributed by atoms with Gasteiger partial charge >= 0.3 is 0 Å². The molecule has 16 heavy (non-hydrogen) atoms. The quantitative estimate of drug-likeness (QED) is 0.333. The van der Waals surface area contributed by atoms with Crippen molar-refractivity contribution in [1.29, 1.82) is 0 Å². The average Bonchev–Trinajstić information content (AvgIpc) is 2.77. The first kappa shape index (κ1) is 11.7. The molecule has 88 valence electrons. The van der Waals surface area contributed by atoms with Gasteiger partial charge in [0.25, 0.3) is 0 Å². The van der Waals surface area contributed by atoms with Crippen LogP contribution in [0.1, 0.15) is 0 Å². The molecule has 1 heterocycles. The first-order valence-corrected chi connectivity index (χ1v) is 5.29. The predicted octanol–water partition coefficient (Wildman–Crippen LogP) is 2.37. The van der Waals surface area contributed by atoms with Gasteiger partial charge in [-0.1, -0.05) is 0 Å². The lowest BCUT2D eigenvalue weighted by Crippen LogP contribution is -2.19. The normalized spacial score (nSPS) is 17.1. The van der Waals surface area contributed by atoms with E-state index < -0.39 is 42.8 Å². The van der Waals surface area contributed by atoms with Gasteiger partial charge in [-0.25, -0.2) is 22.0 Å². The highest BCUT2D eigenvalue weighted by molar-refractivity contribution is 7.56. The maximum Gasteiger partial charge on any atom is 0.211 e. The lowest BCUT2D eigenvalue weighted by atomic mass is 10.3. The predicted molar refractivity (Wildman–Crippen MR) is 44.7 cm³/mol. The smallest absolute Gasteiger partial charge is 0.211 e. The van der Waals surface area contributed by atoms with E-state index in [1.807, 2.05) is 0 Å². The summed E-state index contributed by atoms with van der Waals surface area (Å²) in [6.07, 6.45) is 0. The molecule has 2 nitrogen and oxygen atoms in total. The van der Waals surface area contributed by atoms with Crippen LogP contribution < -0.4 is 5.30 Å². The third-order valence-electron chi connectivity index (χ3n) is 1.87. The lowest BCUT2D eigenvalue weighted by molar-refractivity contribution is 0.365. The SMILES string of the molecule is Fc1c(F)c(F)c(P2OCCO2)c(F)c1F. The van der Waals surface area contributed by atoms with Crippen LogP contribution in [0.15, 0.2) is 0 Å². The molecular formula is C8H4F5O2P. The number of hydrogen-bond acceptors (Lipinski definition) is 2. The van der Waals surface area contributed by atoms with Crippen molar-refractivity contribution in [3.05, 3.63) is 29.1 Å². The minimum Gasteiger partial charge on any atom is -0.328 e. The number of halogens is 5. The van der Waals surface area contributed by atoms with Crippen molar-refractivity contribution in [3.8, 4) is 0 Å². The van der Waals surface area contributed by atoms with Crippen LogP contribution in [0, 0.1) is 29.1 Å². The molecule has 1 aromatic carbocycles. The van der Waals surface area contributed by atoms with E-state index in [0.717, 1.165) is 0 Å². The van der Waals surface area contributed by atoms with Crippen LogP contribution in [0.5, 0.6) is 0 Å².